The number of Topliss-reactive ketones (excluding diaryl/α,β-unsaturated/α-hetero) is 1. The maximum Gasteiger partial charge on any atom is 0.228 e. The van der Waals surface area contributed by atoms with E-state index in [1.807, 2.05) is 0 Å². The summed E-state index contributed by atoms with van der Waals surface area (Å²) >= 11 is 0. The molecule has 0 aromatic heterocycles. The molecular weight excluding hydrogens is 396 g/mol. The van der Waals surface area contributed by atoms with Crippen LogP contribution in [0.1, 0.15) is 76.3 Å². The highest BCUT2D eigenvalue weighted by atomic mass is 16.2. The van der Waals surface area contributed by atoms with E-state index in [9.17, 15) is 9.59 Å². The number of ketones is 1. The zero-order chi connectivity index (χ0) is 22.1. The summed E-state index contributed by atoms with van der Waals surface area (Å²) in [7, 11) is 0. The number of amides is 1. The Morgan fingerprint density at radius 2 is 1.88 bits per heavy atom. The van der Waals surface area contributed by atoms with E-state index in [2.05, 4.69) is 37.4 Å². The third kappa shape index (κ3) is 2.97. The number of carbonyl (C=O) groups is 2. The number of nitrogens with zero attached hydrogens (tertiary/aromatic N) is 1. The molecule has 1 N–H and O–H groups in total. The van der Waals surface area contributed by atoms with Crippen molar-refractivity contribution < 1.29 is 9.59 Å². The van der Waals surface area contributed by atoms with Crippen LogP contribution in [-0.4, -0.2) is 23.9 Å². The molecule has 4 heteroatoms. The summed E-state index contributed by atoms with van der Waals surface area (Å²) in [5, 5.41) is 3.30. The van der Waals surface area contributed by atoms with Crippen molar-refractivity contribution in [3.63, 3.8) is 0 Å². The minimum absolute atomic E-state index is 0.0653. The Labute approximate surface area is 191 Å². The Morgan fingerprint density at radius 3 is 2.75 bits per heavy atom. The van der Waals surface area contributed by atoms with Crippen LogP contribution in [0.15, 0.2) is 23.2 Å². The minimum atomic E-state index is 0.0653. The Bertz CT molecular complexity index is 1010. The third-order valence-electron chi connectivity index (χ3n) is 10.4. The quantitative estimate of drug-likeness (QED) is 0.681. The molecule has 6 rings (SSSR count). The van der Waals surface area contributed by atoms with Crippen molar-refractivity contribution in [1.82, 2.24) is 0 Å². The van der Waals surface area contributed by atoms with Crippen molar-refractivity contribution in [3.8, 4) is 0 Å². The van der Waals surface area contributed by atoms with Crippen molar-refractivity contribution in [2.75, 3.05) is 11.9 Å². The number of anilines is 1. The van der Waals surface area contributed by atoms with Crippen LogP contribution < -0.4 is 5.32 Å². The van der Waals surface area contributed by atoms with Gasteiger partial charge < -0.3 is 5.32 Å². The van der Waals surface area contributed by atoms with Crippen LogP contribution >= 0.6 is 0 Å². The molecule has 3 fully saturated rings. The predicted octanol–water partition coefficient (Wildman–Crippen LogP) is 5.39. The lowest BCUT2D eigenvalue weighted by Crippen LogP contribution is -2.55. The predicted molar refractivity (Wildman–Crippen MR) is 127 cm³/mol. The van der Waals surface area contributed by atoms with Gasteiger partial charge in [-0.2, -0.15) is 0 Å². The van der Waals surface area contributed by atoms with Gasteiger partial charge in [0.1, 0.15) is 5.78 Å². The lowest BCUT2D eigenvalue weighted by molar-refractivity contribution is -0.127. The molecule has 0 bridgehead atoms. The Kier molecular flexibility index (Phi) is 4.68. The summed E-state index contributed by atoms with van der Waals surface area (Å²) < 4.78 is 0. The Balaban J connectivity index is 1.22. The molecule has 1 heterocycles. The Morgan fingerprint density at radius 1 is 1.03 bits per heavy atom. The van der Waals surface area contributed by atoms with Crippen LogP contribution in [0.3, 0.4) is 0 Å². The average Bonchev–Trinajstić information content (AvgIpc) is 3.37. The number of fused-ring (bicyclic) bond motifs is 6. The van der Waals surface area contributed by atoms with Crippen LogP contribution in [0, 0.1) is 34.5 Å². The monoisotopic (exact) mass is 432 g/mol. The number of benzene rings is 1. The second-order valence-electron chi connectivity index (χ2n) is 11.8. The number of aryl methyl sites for hydroxylation is 2. The van der Waals surface area contributed by atoms with Gasteiger partial charge >= 0.3 is 0 Å². The van der Waals surface area contributed by atoms with E-state index in [4.69, 9.17) is 4.99 Å². The SMILES string of the molecule is C[C@]12CCC(=O)CC1=NC[C@@H]1[C@H]2CC[C@]2(C)C(C(=O)Nc3ccc4c(c3)CCC4)CC[C@@H]12. The molecule has 5 aliphatic rings. The molecule has 1 aromatic rings. The van der Waals surface area contributed by atoms with Crippen LogP contribution in [0.25, 0.3) is 0 Å². The van der Waals surface area contributed by atoms with Crippen molar-refractivity contribution in [2.24, 2.45) is 39.5 Å². The number of hydrogen-bond donors (Lipinski definition) is 1. The average molecular weight is 433 g/mol. The molecule has 1 amide bonds. The first kappa shape index (κ1) is 20.6. The number of rotatable bonds is 2. The van der Waals surface area contributed by atoms with Crippen molar-refractivity contribution in [1.29, 1.82) is 0 Å². The highest BCUT2D eigenvalue weighted by Gasteiger charge is 2.60. The molecule has 32 heavy (non-hydrogen) atoms. The summed E-state index contributed by atoms with van der Waals surface area (Å²) in [5.74, 6) is 2.43. The number of hydrogen-bond acceptors (Lipinski definition) is 3. The molecule has 3 saturated carbocycles. The second-order valence-corrected chi connectivity index (χ2v) is 11.8. The van der Waals surface area contributed by atoms with Crippen LogP contribution in [0.4, 0.5) is 5.69 Å². The van der Waals surface area contributed by atoms with Crippen LogP contribution in [0.5, 0.6) is 0 Å². The third-order valence-corrected chi connectivity index (χ3v) is 10.4. The topological polar surface area (TPSA) is 58.5 Å². The molecule has 4 nitrogen and oxygen atoms in total. The Hall–Kier alpha value is -1.97. The number of nitrogens with one attached hydrogen (secondary N) is 1. The molecular formula is C28H36N2O2. The summed E-state index contributed by atoms with van der Waals surface area (Å²) in [6.45, 7) is 5.63. The molecule has 0 saturated heterocycles. The first-order valence-electron chi connectivity index (χ1n) is 12.9. The van der Waals surface area contributed by atoms with E-state index >= 15 is 0 Å². The number of aliphatic imine (C=N–C) groups is 1. The van der Waals surface area contributed by atoms with Crippen molar-refractivity contribution in [2.45, 2.75) is 78.1 Å². The standard InChI is InChI=1S/C28H36N2O2/c1-27-13-11-23-21(16-29-25-15-20(31)10-12-28(23,25)2)22(27)8-9-24(27)26(32)30-19-7-6-17-4-3-5-18(17)14-19/h6-7,14,21-24H,3-5,8-13,15-16H2,1-2H3,(H,30,32)/t21-,22-,23+,24?,27-,28+/m0/s1. The summed E-state index contributed by atoms with van der Waals surface area (Å²) in [4.78, 5) is 30.6. The van der Waals surface area contributed by atoms with E-state index in [0.717, 1.165) is 44.3 Å². The number of carbonyl (C=O) groups excluding carboxylic acids is 2. The molecule has 1 aromatic carbocycles. The van der Waals surface area contributed by atoms with E-state index in [1.54, 1.807) is 0 Å². The maximum atomic E-state index is 13.5. The summed E-state index contributed by atoms with van der Waals surface area (Å²) in [6.07, 6.45) is 10.2. The highest BCUT2D eigenvalue weighted by Crippen LogP contribution is 2.63. The summed E-state index contributed by atoms with van der Waals surface area (Å²) in [5.41, 5.74) is 5.18. The van der Waals surface area contributed by atoms with Gasteiger partial charge in [0.05, 0.1) is 0 Å². The van der Waals surface area contributed by atoms with Gasteiger partial charge in [-0.15, -0.1) is 0 Å². The van der Waals surface area contributed by atoms with Gasteiger partial charge in [-0.1, -0.05) is 19.9 Å². The summed E-state index contributed by atoms with van der Waals surface area (Å²) in [6, 6.07) is 6.50. The molecule has 1 aliphatic heterocycles. The van der Waals surface area contributed by atoms with Gasteiger partial charge in [0.25, 0.3) is 0 Å². The van der Waals surface area contributed by atoms with Crippen LogP contribution in [-0.2, 0) is 22.4 Å². The van der Waals surface area contributed by atoms with E-state index < -0.39 is 0 Å². The van der Waals surface area contributed by atoms with E-state index in [-0.39, 0.29) is 22.7 Å². The lowest BCUT2D eigenvalue weighted by Gasteiger charge is -2.56. The smallest absolute Gasteiger partial charge is 0.228 e. The van der Waals surface area contributed by atoms with E-state index in [0.29, 0.717) is 36.4 Å². The first-order valence-corrected chi connectivity index (χ1v) is 12.9. The minimum Gasteiger partial charge on any atom is -0.326 e. The molecule has 170 valence electrons. The van der Waals surface area contributed by atoms with Gasteiger partial charge in [0.2, 0.25) is 5.91 Å². The lowest BCUT2D eigenvalue weighted by atomic mass is 9.49. The maximum absolute atomic E-state index is 13.5. The first-order chi connectivity index (χ1) is 15.4. The fourth-order valence-electron chi connectivity index (χ4n) is 8.51. The molecule has 0 radical (unpaired) electrons. The second kappa shape index (κ2) is 7.27. The van der Waals surface area contributed by atoms with Gasteiger partial charge in [0, 0.05) is 42.1 Å². The van der Waals surface area contributed by atoms with Crippen molar-refractivity contribution >= 4 is 23.1 Å². The normalized spacial score (nSPS) is 40.1. The van der Waals surface area contributed by atoms with Gasteiger partial charge in [-0.05, 0) is 97.8 Å². The fraction of sp³-hybridized carbons (Fsp3) is 0.679. The van der Waals surface area contributed by atoms with Gasteiger partial charge in [0.15, 0.2) is 0 Å². The zero-order valence-corrected chi connectivity index (χ0v) is 19.6. The largest absolute Gasteiger partial charge is 0.326 e. The van der Waals surface area contributed by atoms with Gasteiger partial charge in [-0.25, -0.2) is 0 Å². The fourth-order valence-corrected chi connectivity index (χ4v) is 8.51. The molecule has 0 spiro atoms. The molecule has 6 atom stereocenters. The zero-order valence-electron chi connectivity index (χ0n) is 19.6. The highest BCUT2D eigenvalue weighted by molar-refractivity contribution is 6.07. The van der Waals surface area contributed by atoms with Crippen LogP contribution in [0.2, 0.25) is 0 Å². The molecule has 4 aliphatic carbocycles. The van der Waals surface area contributed by atoms with E-state index in [1.165, 1.54) is 36.1 Å². The van der Waals surface area contributed by atoms with Crippen molar-refractivity contribution in [3.05, 3.63) is 29.3 Å². The molecule has 1 unspecified atom stereocenters. The van der Waals surface area contributed by atoms with Gasteiger partial charge in [-0.3, -0.25) is 14.6 Å².